The van der Waals surface area contributed by atoms with Crippen molar-refractivity contribution < 1.29 is 0 Å². The summed E-state index contributed by atoms with van der Waals surface area (Å²) >= 11 is 0. The van der Waals surface area contributed by atoms with Crippen LogP contribution in [-0.2, 0) is 0 Å². The molecular formula is C9H22N2. The first kappa shape index (κ1) is 10.9. The summed E-state index contributed by atoms with van der Waals surface area (Å²) in [7, 11) is 4.20. The zero-order chi connectivity index (χ0) is 8.85. The van der Waals surface area contributed by atoms with E-state index in [0.717, 1.165) is 6.54 Å². The van der Waals surface area contributed by atoms with Gasteiger partial charge in [-0.1, -0.05) is 6.92 Å². The summed E-state index contributed by atoms with van der Waals surface area (Å²) < 4.78 is 0. The molecule has 0 saturated heterocycles. The van der Waals surface area contributed by atoms with Crippen LogP contribution in [-0.4, -0.2) is 37.6 Å². The van der Waals surface area contributed by atoms with Crippen LogP contribution in [0.2, 0.25) is 0 Å². The van der Waals surface area contributed by atoms with E-state index >= 15 is 0 Å². The predicted molar refractivity (Wildman–Crippen MR) is 50.9 cm³/mol. The summed E-state index contributed by atoms with van der Waals surface area (Å²) in [4.78, 5) is 2.41. The van der Waals surface area contributed by atoms with E-state index in [-0.39, 0.29) is 0 Å². The van der Waals surface area contributed by atoms with Gasteiger partial charge in [0.25, 0.3) is 0 Å². The Kier molecular flexibility index (Phi) is 5.51. The Bertz CT molecular complexity index is 91.6. The molecule has 0 spiro atoms. The first-order valence-electron chi connectivity index (χ1n) is 4.50. The van der Waals surface area contributed by atoms with Crippen LogP contribution in [0.5, 0.6) is 0 Å². The first-order chi connectivity index (χ1) is 5.13. The van der Waals surface area contributed by atoms with Gasteiger partial charge in [0.05, 0.1) is 0 Å². The van der Waals surface area contributed by atoms with Crippen LogP contribution in [0.3, 0.4) is 0 Å². The van der Waals surface area contributed by atoms with Crippen LogP contribution in [0, 0.1) is 0 Å². The summed E-state index contributed by atoms with van der Waals surface area (Å²) in [5, 5.41) is 3.21. The molecule has 0 fully saturated rings. The molecule has 11 heavy (non-hydrogen) atoms. The summed E-state index contributed by atoms with van der Waals surface area (Å²) in [6.45, 7) is 7.79. The molecule has 2 heteroatoms. The molecule has 0 aliphatic heterocycles. The molecule has 0 rings (SSSR count). The fourth-order valence-electron chi connectivity index (χ4n) is 1.23. The van der Waals surface area contributed by atoms with Gasteiger partial charge in [0.15, 0.2) is 0 Å². The third-order valence-corrected chi connectivity index (χ3v) is 2.30. The van der Waals surface area contributed by atoms with E-state index < -0.39 is 0 Å². The topological polar surface area (TPSA) is 15.3 Å². The maximum absolute atomic E-state index is 3.21. The molecule has 0 aliphatic carbocycles. The average Bonchev–Trinajstić information content (AvgIpc) is 1.98. The predicted octanol–water partition coefficient (Wildman–Crippen LogP) is 1.32. The molecule has 0 bridgehead atoms. The maximum Gasteiger partial charge on any atom is 0.0217 e. The van der Waals surface area contributed by atoms with Gasteiger partial charge in [0.2, 0.25) is 0 Å². The molecule has 0 amide bonds. The highest BCUT2D eigenvalue weighted by molar-refractivity contribution is 4.71. The highest BCUT2D eigenvalue weighted by atomic mass is 15.2. The first-order valence-corrected chi connectivity index (χ1v) is 4.50. The normalized spacial score (nSPS) is 14.5. The molecule has 2 nitrogen and oxygen atoms in total. The summed E-state index contributed by atoms with van der Waals surface area (Å²) in [6, 6.07) is 1.33. The van der Waals surface area contributed by atoms with Crippen molar-refractivity contribution in [3.05, 3.63) is 0 Å². The van der Waals surface area contributed by atoms with E-state index in [0.29, 0.717) is 12.1 Å². The number of rotatable bonds is 5. The number of hydrogen-bond donors (Lipinski definition) is 1. The molecule has 1 N–H and O–H groups in total. The Morgan fingerprint density at radius 1 is 1.36 bits per heavy atom. The Hall–Kier alpha value is -0.0800. The lowest BCUT2D eigenvalue weighted by molar-refractivity contribution is 0.188. The maximum atomic E-state index is 3.21. The standard InChI is InChI=1S/C9H22N2/c1-6-9(7-10-4)11(5)8(2)3/h8-10H,6-7H2,1-5H3. The van der Waals surface area contributed by atoms with Crippen molar-refractivity contribution in [1.82, 2.24) is 10.2 Å². The van der Waals surface area contributed by atoms with E-state index in [1.165, 1.54) is 6.42 Å². The van der Waals surface area contributed by atoms with Crippen molar-refractivity contribution in [1.29, 1.82) is 0 Å². The van der Waals surface area contributed by atoms with E-state index in [1.807, 2.05) is 7.05 Å². The molecular weight excluding hydrogens is 136 g/mol. The Labute approximate surface area is 71.0 Å². The van der Waals surface area contributed by atoms with Crippen LogP contribution >= 0.6 is 0 Å². The molecule has 68 valence electrons. The largest absolute Gasteiger partial charge is 0.318 e. The fraction of sp³-hybridized carbons (Fsp3) is 1.00. The second-order valence-corrected chi connectivity index (χ2v) is 3.38. The minimum atomic E-state index is 0.647. The number of likely N-dealkylation sites (N-methyl/N-ethyl adjacent to an activating group) is 2. The van der Waals surface area contributed by atoms with E-state index in [4.69, 9.17) is 0 Å². The van der Waals surface area contributed by atoms with Gasteiger partial charge in [0, 0.05) is 18.6 Å². The van der Waals surface area contributed by atoms with Crippen molar-refractivity contribution in [2.45, 2.75) is 39.3 Å². The van der Waals surface area contributed by atoms with Crippen molar-refractivity contribution in [2.24, 2.45) is 0 Å². The van der Waals surface area contributed by atoms with Crippen LogP contribution in [0.15, 0.2) is 0 Å². The van der Waals surface area contributed by atoms with E-state index in [2.05, 4.69) is 38.0 Å². The van der Waals surface area contributed by atoms with Gasteiger partial charge in [-0.05, 0) is 34.4 Å². The third-order valence-electron chi connectivity index (χ3n) is 2.30. The van der Waals surface area contributed by atoms with Crippen LogP contribution in [0.4, 0.5) is 0 Å². The van der Waals surface area contributed by atoms with Gasteiger partial charge in [-0.2, -0.15) is 0 Å². The number of nitrogens with one attached hydrogen (secondary N) is 1. The Balaban J connectivity index is 3.81. The zero-order valence-corrected chi connectivity index (χ0v) is 8.52. The lowest BCUT2D eigenvalue weighted by Crippen LogP contribution is -2.42. The minimum Gasteiger partial charge on any atom is -0.318 e. The monoisotopic (exact) mass is 158 g/mol. The lowest BCUT2D eigenvalue weighted by Gasteiger charge is -2.30. The molecule has 0 aromatic carbocycles. The molecule has 0 aromatic heterocycles. The zero-order valence-electron chi connectivity index (χ0n) is 8.52. The van der Waals surface area contributed by atoms with E-state index in [1.54, 1.807) is 0 Å². The molecule has 0 heterocycles. The molecule has 1 atom stereocenters. The molecule has 0 radical (unpaired) electrons. The van der Waals surface area contributed by atoms with Crippen molar-refractivity contribution in [3.8, 4) is 0 Å². The number of nitrogens with zero attached hydrogens (tertiary/aromatic N) is 1. The second kappa shape index (κ2) is 5.56. The van der Waals surface area contributed by atoms with Gasteiger partial charge in [0.1, 0.15) is 0 Å². The Morgan fingerprint density at radius 2 is 1.91 bits per heavy atom. The van der Waals surface area contributed by atoms with Crippen LogP contribution in [0.25, 0.3) is 0 Å². The molecule has 0 aliphatic rings. The highest BCUT2D eigenvalue weighted by Crippen LogP contribution is 2.04. The number of hydrogen-bond acceptors (Lipinski definition) is 2. The van der Waals surface area contributed by atoms with Gasteiger partial charge in [-0.25, -0.2) is 0 Å². The Morgan fingerprint density at radius 3 is 2.18 bits per heavy atom. The minimum absolute atomic E-state index is 0.647. The second-order valence-electron chi connectivity index (χ2n) is 3.38. The summed E-state index contributed by atoms with van der Waals surface area (Å²) in [5.41, 5.74) is 0. The van der Waals surface area contributed by atoms with Crippen molar-refractivity contribution in [2.75, 3.05) is 20.6 Å². The average molecular weight is 158 g/mol. The molecule has 1 unspecified atom stereocenters. The lowest BCUT2D eigenvalue weighted by atomic mass is 10.1. The molecule has 0 aromatic rings. The van der Waals surface area contributed by atoms with Gasteiger partial charge >= 0.3 is 0 Å². The van der Waals surface area contributed by atoms with Gasteiger partial charge in [-0.15, -0.1) is 0 Å². The fourth-order valence-corrected chi connectivity index (χ4v) is 1.23. The van der Waals surface area contributed by atoms with Crippen molar-refractivity contribution >= 4 is 0 Å². The molecule has 0 saturated carbocycles. The van der Waals surface area contributed by atoms with Crippen LogP contribution < -0.4 is 5.32 Å². The third kappa shape index (κ3) is 3.73. The summed E-state index contributed by atoms with van der Waals surface area (Å²) in [5.74, 6) is 0. The van der Waals surface area contributed by atoms with Gasteiger partial charge < -0.3 is 5.32 Å². The smallest absolute Gasteiger partial charge is 0.0217 e. The SMILES string of the molecule is CCC(CNC)N(C)C(C)C. The van der Waals surface area contributed by atoms with E-state index in [9.17, 15) is 0 Å². The quantitative estimate of drug-likeness (QED) is 0.649. The van der Waals surface area contributed by atoms with Crippen LogP contribution in [0.1, 0.15) is 27.2 Å². The highest BCUT2D eigenvalue weighted by Gasteiger charge is 2.13. The summed E-state index contributed by atoms with van der Waals surface area (Å²) in [6.07, 6.45) is 1.22. The van der Waals surface area contributed by atoms with Crippen molar-refractivity contribution in [3.63, 3.8) is 0 Å². The van der Waals surface area contributed by atoms with Gasteiger partial charge in [-0.3, -0.25) is 4.90 Å².